The molecule has 0 saturated carbocycles. The number of nitrogens with two attached hydrogens (primary N) is 1. The van der Waals surface area contributed by atoms with E-state index in [0.717, 1.165) is 22.8 Å². The predicted octanol–water partition coefficient (Wildman–Crippen LogP) is 3.18. The van der Waals surface area contributed by atoms with Gasteiger partial charge in [-0.3, -0.25) is 4.79 Å². The maximum Gasteiger partial charge on any atom is 0.298 e. The lowest BCUT2D eigenvalue weighted by Crippen LogP contribution is -2.86. The Labute approximate surface area is 163 Å². The Morgan fingerprint density at radius 2 is 1.93 bits per heavy atom. The summed E-state index contributed by atoms with van der Waals surface area (Å²) in [7, 11) is 0. The van der Waals surface area contributed by atoms with Crippen molar-refractivity contribution in [2.24, 2.45) is 5.10 Å². The Morgan fingerprint density at radius 3 is 2.61 bits per heavy atom. The van der Waals surface area contributed by atoms with Gasteiger partial charge in [-0.1, -0.05) is 29.8 Å². The Balaban J connectivity index is 1.52. The second-order valence-electron chi connectivity index (χ2n) is 7.13. The van der Waals surface area contributed by atoms with E-state index in [2.05, 4.69) is 24.2 Å². The van der Waals surface area contributed by atoms with Crippen molar-refractivity contribution in [3.05, 3.63) is 83.7 Å². The molecule has 28 heavy (non-hydrogen) atoms. The number of nitrogens with zero attached hydrogens (tertiary/aromatic N) is 2. The fraction of sp³-hybridized carbons (Fsp3) is 0.273. The first-order chi connectivity index (χ1) is 13.6. The number of hydrazone groups is 1. The van der Waals surface area contributed by atoms with Gasteiger partial charge in [0, 0.05) is 6.42 Å². The third kappa shape index (κ3) is 3.77. The van der Waals surface area contributed by atoms with Gasteiger partial charge in [-0.05, 0) is 43.7 Å². The summed E-state index contributed by atoms with van der Waals surface area (Å²) in [5.74, 6) is 1.54. The van der Waals surface area contributed by atoms with Crippen LogP contribution in [0.5, 0.6) is 0 Å². The molecule has 0 aliphatic carbocycles. The number of quaternary nitrogens is 1. The lowest BCUT2D eigenvalue weighted by Gasteiger charge is -2.19. The first kappa shape index (κ1) is 18.3. The summed E-state index contributed by atoms with van der Waals surface area (Å²) >= 11 is 0. The fourth-order valence-corrected chi connectivity index (χ4v) is 3.40. The van der Waals surface area contributed by atoms with Crippen molar-refractivity contribution in [2.75, 3.05) is 6.54 Å². The fourth-order valence-electron chi connectivity index (χ4n) is 3.40. The van der Waals surface area contributed by atoms with Crippen molar-refractivity contribution in [3.63, 3.8) is 0 Å². The summed E-state index contributed by atoms with van der Waals surface area (Å²) < 4.78 is 11.0. The number of carbonyl (C=O) groups is 1. The van der Waals surface area contributed by atoms with Crippen LogP contribution in [-0.4, -0.2) is 23.2 Å². The molecule has 144 valence electrons. The summed E-state index contributed by atoms with van der Waals surface area (Å²) in [5.41, 5.74) is 3.12. The molecule has 2 N–H and O–H groups in total. The number of rotatable bonds is 6. The maximum atomic E-state index is 13.0. The average Bonchev–Trinajstić information content (AvgIpc) is 3.47. The van der Waals surface area contributed by atoms with E-state index < -0.39 is 0 Å². The number of benzene rings is 1. The third-order valence-corrected chi connectivity index (χ3v) is 5.06. The standard InChI is InChI=1S/C22H23N3O3/c1-15-7-9-17(10-8-15)18-13-19(21-6-4-12-28-21)25(24-18)22(26)14-23-16(2)20-5-3-11-27-20/h3-12,16,19,23H,13-14H2,1-2H3/p+1/t16-,19+/m0/s1. The second kappa shape index (κ2) is 7.86. The third-order valence-electron chi connectivity index (χ3n) is 5.06. The number of carbonyl (C=O) groups excluding carboxylic acids is 1. The molecule has 0 spiro atoms. The predicted molar refractivity (Wildman–Crippen MR) is 105 cm³/mol. The van der Waals surface area contributed by atoms with Gasteiger partial charge in [-0.25, -0.2) is 5.01 Å². The van der Waals surface area contributed by atoms with Crippen molar-refractivity contribution < 1.29 is 18.9 Å². The minimum Gasteiger partial charge on any atom is -0.467 e. The average molecular weight is 378 g/mol. The molecule has 4 rings (SSSR count). The second-order valence-corrected chi connectivity index (χ2v) is 7.13. The Kier molecular flexibility index (Phi) is 5.12. The van der Waals surface area contributed by atoms with Crippen molar-refractivity contribution in [3.8, 4) is 0 Å². The molecule has 2 aromatic heterocycles. The van der Waals surface area contributed by atoms with Crippen LogP contribution in [0.2, 0.25) is 0 Å². The number of hydrogen-bond donors (Lipinski definition) is 1. The van der Waals surface area contributed by atoms with Crippen molar-refractivity contribution in [1.82, 2.24) is 5.01 Å². The molecule has 1 aliphatic rings. The summed E-state index contributed by atoms with van der Waals surface area (Å²) in [4.78, 5) is 13.0. The molecule has 6 nitrogen and oxygen atoms in total. The van der Waals surface area contributed by atoms with Crippen molar-refractivity contribution in [2.45, 2.75) is 32.4 Å². The van der Waals surface area contributed by atoms with E-state index in [0.29, 0.717) is 6.42 Å². The van der Waals surface area contributed by atoms with E-state index in [1.54, 1.807) is 17.5 Å². The molecule has 1 aromatic carbocycles. The van der Waals surface area contributed by atoms with Crippen molar-refractivity contribution in [1.29, 1.82) is 0 Å². The van der Waals surface area contributed by atoms with Gasteiger partial charge in [0.15, 0.2) is 12.3 Å². The zero-order chi connectivity index (χ0) is 19.5. The minimum absolute atomic E-state index is 0.0538. The number of hydrogen-bond acceptors (Lipinski definition) is 4. The SMILES string of the molecule is Cc1ccc(C2=NN(C(=O)C[NH2+][C@@H](C)c3ccco3)[C@@H](c3ccco3)C2)cc1. The van der Waals surface area contributed by atoms with Gasteiger partial charge >= 0.3 is 0 Å². The molecule has 3 heterocycles. The maximum absolute atomic E-state index is 13.0. The smallest absolute Gasteiger partial charge is 0.298 e. The molecule has 0 unspecified atom stereocenters. The highest BCUT2D eigenvalue weighted by molar-refractivity contribution is 6.03. The summed E-state index contributed by atoms with van der Waals surface area (Å²) in [6, 6.07) is 15.6. The van der Waals surface area contributed by atoms with Crippen LogP contribution in [0.1, 0.15) is 48.1 Å². The van der Waals surface area contributed by atoms with Crippen molar-refractivity contribution >= 4 is 11.6 Å². The van der Waals surface area contributed by atoms with E-state index in [1.807, 2.05) is 48.6 Å². The Hall–Kier alpha value is -3.12. The molecular weight excluding hydrogens is 354 g/mol. The molecule has 0 radical (unpaired) electrons. The van der Waals surface area contributed by atoms with Gasteiger partial charge in [-0.15, -0.1) is 0 Å². The van der Waals surface area contributed by atoms with Gasteiger partial charge in [0.1, 0.15) is 17.8 Å². The van der Waals surface area contributed by atoms with Crippen LogP contribution in [0.15, 0.2) is 75.0 Å². The summed E-state index contributed by atoms with van der Waals surface area (Å²) in [5, 5.41) is 8.19. The summed E-state index contributed by atoms with van der Waals surface area (Å²) in [6.45, 7) is 4.35. The number of aryl methyl sites for hydroxylation is 1. The van der Waals surface area contributed by atoms with E-state index in [9.17, 15) is 4.79 Å². The molecule has 2 atom stereocenters. The lowest BCUT2D eigenvalue weighted by atomic mass is 10.0. The molecule has 0 fully saturated rings. The Morgan fingerprint density at radius 1 is 1.18 bits per heavy atom. The summed E-state index contributed by atoms with van der Waals surface area (Å²) in [6.07, 6.45) is 3.91. The number of amides is 1. The van der Waals surface area contributed by atoms with E-state index in [4.69, 9.17) is 8.83 Å². The zero-order valence-electron chi connectivity index (χ0n) is 16.0. The van der Waals surface area contributed by atoms with Crippen LogP contribution in [0.3, 0.4) is 0 Å². The molecule has 0 bridgehead atoms. The van der Waals surface area contributed by atoms with Crippen LogP contribution in [0.4, 0.5) is 0 Å². The van der Waals surface area contributed by atoms with Gasteiger partial charge in [0.25, 0.3) is 5.91 Å². The topological polar surface area (TPSA) is 75.6 Å². The largest absolute Gasteiger partial charge is 0.467 e. The van der Waals surface area contributed by atoms with Crippen LogP contribution in [0, 0.1) is 6.92 Å². The Bertz CT molecular complexity index is 944. The minimum atomic E-state index is -0.217. The van der Waals surface area contributed by atoms with Crippen LogP contribution >= 0.6 is 0 Å². The lowest BCUT2D eigenvalue weighted by molar-refractivity contribution is -0.685. The quantitative estimate of drug-likeness (QED) is 0.716. The van der Waals surface area contributed by atoms with Gasteiger partial charge < -0.3 is 14.2 Å². The molecule has 1 amide bonds. The van der Waals surface area contributed by atoms with Crippen LogP contribution < -0.4 is 5.32 Å². The van der Waals surface area contributed by atoms with Crippen LogP contribution in [0.25, 0.3) is 0 Å². The van der Waals surface area contributed by atoms with Crippen LogP contribution in [-0.2, 0) is 4.79 Å². The van der Waals surface area contributed by atoms with E-state index in [-0.39, 0.29) is 24.5 Å². The van der Waals surface area contributed by atoms with Gasteiger partial charge in [-0.2, -0.15) is 5.10 Å². The zero-order valence-corrected chi connectivity index (χ0v) is 16.0. The van der Waals surface area contributed by atoms with E-state index in [1.165, 1.54) is 5.56 Å². The van der Waals surface area contributed by atoms with Gasteiger partial charge in [0.2, 0.25) is 0 Å². The first-order valence-corrected chi connectivity index (χ1v) is 9.48. The van der Waals surface area contributed by atoms with Gasteiger partial charge in [0.05, 0.1) is 18.2 Å². The molecule has 6 heteroatoms. The van der Waals surface area contributed by atoms with E-state index >= 15 is 0 Å². The first-order valence-electron chi connectivity index (χ1n) is 9.48. The highest BCUT2D eigenvalue weighted by Crippen LogP contribution is 2.32. The molecular formula is C22H24N3O3+. The molecule has 3 aromatic rings. The highest BCUT2D eigenvalue weighted by Gasteiger charge is 2.35. The number of furan rings is 2. The molecule has 1 aliphatic heterocycles. The monoisotopic (exact) mass is 378 g/mol. The molecule has 0 saturated heterocycles. The highest BCUT2D eigenvalue weighted by atomic mass is 16.3. The normalized spacial score (nSPS) is 17.6.